The van der Waals surface area contributed by atoms with E-state index in [4.69, 9.17) is 4.74 Å². The lowest BCUT2D eigenvalue weighted by atomic mass is 10.1. The maximum Gasteiger partial charge on any atom is 0.0751 e. The van der Waals surface area contributed by atoms with Crippen molar-refractivity contribution < 1.29 is 4.74 Å². The lowest BCUT2D eigenvalue weighted by molar-refractivity contribution is 0.142. The Morgan fingerprint density at radius 2 is 2.19 bits per heavy atom. The molecule has 0 atom stereocenters. The Morgan fingerprint density at radius 3 is 3.14 bits per heavy atom. The first kappa shape index (κ1) is 14.3. The molecule has 4 heteroatoms. The van der Waals surface area contributed by atoms with E-state index < -0.39 is 0 Å². The number of benzene rings is 1. The van der Waals surface area contributed by atoms with Crippen molar-refractivity contribution in [2.24, 2.45) is 0 Å². The van der Waals surface area contributed by atoms with Gasteiger partial charge in [-0.05, 0) is 25.0 Å². The molecule has 0 aliphatic carbocycles. The number of anilines is 1. The quantitative estimate of drug-likeness (QED) is 0.937. The minimum atomic E-state index is 0.859. The highest BCUT2D eigenvalue weighted by molar-refractivity contribution is 5.92. The van der Waals surface area contributed by atoms with E-state index in [2.05, 4.69) is 46.4 Å². The third-order valence-electron chi connectivity index (χ3n) is 4.03. The van der Waals surface area contributed by atoms with Crippen molar-refractivity contribution in [1.82, 2.24) is 9.88 Å². The van der Waals surface area contributed by atoms with Gasteiger partial charge in [-0.3, -0.25) is 9.88 Å². The molecule has 4 nitrogen and oxygen atoms in total. The van der Waals surface area contributed by atoms with Crippen molar-refractivity contribution in [1.29, 1.82) is 0 Å². The lowest BCUT2D eigenvalue weighted by Gasteiger charge is -2.19. The van der Waals surface area contributed by atoms with Crippen molar-refractivity contribution in [3.63, 3.8) is 0 Å². The van der Waals surface area contributed by atoms with Crippen LogP contribution in [0.5, 0.6) is 0 Å². The fourth-order valence-electron chi connectivity index (χ4n) is 2.85. The number of aryl methyl sites for hydroxylation is 1. The molecule has 1 aromatic carbocycles. The second-order valence-electron chi connectivity index (χ2n) is 5.56. The Morgan fingerprint density at radius 1 is 1.24 bits per heavy atom. The first-order valence-electron chi connectivity index (χ1n) is 7.73. The van der Waals surface area contributed by atoms with Crippen LogP contribution in [-0.4, -0.2) is 49.3 Å². The Hall–Kier alpha value is -1.65. The van der Waals surface area contributed by atoms with Crippen molar-refractivity contribution in [2.45, 2.75) is 13.3 Å². The summed E-state index contributed by atoms with van der Waals surface area (Å²) in [5.41, 5.74) is 3.49. The average molecular weight is 285 g/mol. The molecule has 0 radical (unpaired) electrons. The molecule has 112 valence electrons. The number of hydrogen-bond donors (Lipinski definition) is 1. The number of nitrogens with zero attached hydrogens (tertiary/aromatic N) is 2. The molecule has 0 amide bonds. The van der Waals surface area contributed by atoms with Gasteiger partial charge in [0.1, 0.15) is 0 Å². The molecular weight excluding hydrogens is 262 g/mol. The fourth-order valence-corrected chi connectivity index (χ4v) is 2.85. The number of hydrogen-bond acceptors (Lipinski definition) is 4. The summed E-state index contributed by atoms with van der Waals surface area (Å²) in [6.45, 7) is 8.05. The molecule has 1 fully saturated rings. The lowest BCUT2D eigenvalue weighted by Crippen LogP contribution is -2.31. The first-order chi connectivity index (χ1) is 10.3. The molecule has 1 aliphatic rings. The zero-order valence-corrected chi connectivity index (χ0v) is 12.6. The van der Waals surface area contributed by atoms with E-state index in [1.807, 2.05) is 6.20 Å². The molecule has 1 aliphatic heterocycles. The summed E-state index contributed by atoms with van der Waals surface area (Å²) in [6.07, 6.45) is 3.02. The Balaban J connectivity index is 1.64. The average Bonchev–Trinajstić information content (AvgIpc) is 2.77. The molecule has 21 heavy (non-hydrogen) atoms. The highest BCUT2D eigenvalue weighted by Gasteiger charge is 2.09. The molecule has 1 N–H and O–H groups in total. The normalized spacial score (nSPS) is 16.8. The predicted molar refractivity (Wildman–Crippen MR) is 86.8 cm³/mol. The first-order valence-corrected chi connectivity index (χ1v) is 7.73. The maximum absolute atomic E-state index is 5.49. The molecule has 0 bridgehead atoms. The SMILES string of the molecule is Cc1cccc2c(NCCN3CCCOCC3)ccnc12. The second kappa shape index (κ2) is 6.87. The van der Waals surface area contributed by atoms with Gasteiger partial charge in [-0.2, -0.15) is 0 Å². The second-order valence-corrected chi connectivity index (χ2v) is 5.56. The zero-order valence-electron chi connectivity index (χ0n) is 12.6. The van der Waals surface area contributed by atoms with Crippen LogP contribution in [0.2, 0.25) is 0 Å². The van der Waals surface area contributed by atoms with Gasteiger partial charge in [0.2, 0.25) is 0 Å². The minimum absolute atomic E-state index is 0.859. The molecule has 2 heterocycles. The smallest absolute Gasteiger partial charge is 0.0751 e. The number of pyridine rings is 1. The summed E-state index contributed by atoms with van der Waals surface area (Å²) < 4.78 is 5.49. The largest absolute Gasteiger partial charge is 0.383 e. The summed E-state index contributed by atoms with van der Waals surface area (Å²) in [4.78, 5) is 6.95. The maximum atomic E-state index is 5.49. The van der Waals surface area contributed by atoms with Crippen LogP contribution in [0.4, 0.5) is 5.69 Å². The van der Waals surface area contributed by atoms with Crippen LogP contribution in [0.15, 0.2) is 30.5 Å². The van der Waals surface area contributed by atoms with Crippen LogP contribution in [0, 0.1) is 6.92 Å². The highest BCUT2D eigenvalue weighted by Crippen LogP contribution is 2.23. The van der Waals surface area contributed by atoms with E-state index in [0.717, 1.165) is 51.3 Å². The van der Waals surface area contributed by atoms with Crippen molar-refractivity contribution in [2.75, 3.05) is 44.7 Å². The standard InChI is InChI=1S/C17H23N3O/c1-14-4-2-5-15-16(6-7-19-17(14)15)18-8-10-20-9-3-12-21-13-11-20/h2,4-7H,3,8-13H2,1H3,(H,18,19). The van der Waals surface area contributed by atoms with Crippen LogP contribution in [0.1, 0.15) is 12.0 Å². The summed E-state index contributed by atoms with van der Waals surface area (Å²) >= 11 is 0. The number of nitrogens with one attached hydrogen (secondary N) is 1. The monoisotopic (exact) mass is 285 g/mol. The van der Waals surface area contributed by atoms with E-state index in [1.54, 1.807) is 0 Å². The van der Waals surface area contributed by atoms with Crippen molar-refractivity contribution in [3.05, 3.63) is 36.0 Å². The molecule has 0 spiro atoms. The molecule has 2 aromatic rings. The number of rotatable bonds is 4. The summed E-state index contributed by atoms with van der Waals surface area (Å²) in [5, 5.41) is 4.77. The summed E-state index contributed by atoms with van der Waals surface area (Å²) in [7, 11) is 0. The molecular formula is C17H23N3O. The number of ether oxygens (including phenoxy) is 1. The Kier molecular flexibility index (Phi) is 4.68. The topological polar surface area (TPSA) is 37.4 Å². The van der Waals surface area contributed by atoms with Crippen LogP contribution in [-0.2, 0) is 4.74 Å². The molecule has 1 saturated heterocycles. The third-order valence-corrected chi connectivity index (χ3v) is 4.03. The molecule has 3 rings (SSSR count). The summed E-state index contributed by atoms with van der Waals surface area (Å²) in [6, 6.07) is 8.40. The van der Waals surface area contributed by atoms with Crippen LogP contribution in [0.25, 0.3) is 10.9 Å². The van der Waals surface area contributed by atoms with E-state index in [-0.39, 0.29) is 0 Å². The summed E-state index contributed by atoms with van der Waals surface area (Å²) in [5.74, 6) is 0. The van der Waals surface area contributed by atoms with E-state index in [1.165, 1.54) is 16.6 Å². The molecule has 0 unspecified atom stereocenters. The van der Waals surface area contributed by atoms with Gasteiger partial charge in [0.05, 0.1) is 12.1 Å². The molecule has 1 aromatic heterocycles. The highest BCUT2D eigenvalue weighted by atomic mass is 16.5. The Labute approximate surface area is 126 Å². The van der Waals surface area contributed by atoms with Gasteiger partial charge < -0.3 is 10.1 Å². The van der Waals surface area contributed by atoms with Gasteiger partial charge in [0, 0.05) is 50.1 Å². The number of aromatic nitrogens is 1. The predicted octanol–water partition coefficient (Wildman–Crippen LogP) is 2.68. The van der Waals surface area contributed by atoms with Gasteiger partial charge in [-0.15, -0.1) is 0 Å². The molecule has 0 saturated carbocycles. The van der Waals surface area contributed by atoms with Crippen molar-refractivity contribution >= 4 is 16.6 Å². The zero-order chi connectivity index (χ0) is 14.5. The van der Waals surface area contributed by atoms with E-state index in [9.17, 15) is 0 Å². The van der Waals surface area contributed by atoms with Crippen LogP contribution >= 0.6 is 0 Å². The van der Waals surface area contributed by atoms with Gasteiger partial charge in [-0.1, -0.05) is 18.2 Å². The van der Waals surface area contributed by atoms with Gasteiger partial charge >= 0.3 is 0 Å². The number of para-hydroxylation sites is 1. The third kappa shape index (κ3) is 3.52. The minimum Gasteiger partial charge on any atom is -0.383 e. The van der Waals surface area contributed by atoms with E-state index >= 15 is 0 Å². The fraction of sp³-hybridized carbons (Fsp3) is 0.471. The van der Waals surface area contributed by atoms with Crippen LogP contribution in [0.3, 0.4) is 0 Å². The Bertz CT molecular complexity index is 592. The van der Waals surface area contributed by atoms with Crippen LogP contribution < -0.4 is 5.32 Å². The van der Waals surface area contributed by atoms with Gasteiger partial charge in [0.15, 0.2) is 0 Å². The van der Waals surface area contributed by atoms with Crippen molar-refractivity contribution in [3.8, 4) is 0 Å². The van der Waals surface area contributed by atoms with Gasteiger partial charge in [-0.25, -0.2) is 0 Å². The number of fused-ring (bicyclic) bond motifs is 1. The van der Waals surface area contributed by atoms with E-state index in [0.29, 0.717) is 0 Å². The van der Waals surface area contributed by atoms with Gasteiger partial charge in [0.25, 0.3) is 0 Å².